The molecule has 2 aliphatic rings. The van der Waals surface area contributed by atoms with Crippen LogP contribution in [0.4, 0.5) is 4.79 Å². The molecule has 0 saturated heterocycles. The molecule has 4 atom stereocenters. The van der Waals surface area contributed by atoms with Crippen LogP contribution in [0.25, 0.3) is 11.1 Å². The van der Waals surface area contributed by atoms with Crippen molar-refractivity contribution in [3.63, 3.8) is 0 Å². The second kappa shape index (κ2) is 12.8. The first kappa shape index (κ1) is 28.1. The van der Waals surface area contributed by atoms with Crippen LogP contribution in [-0.2, 0) is 25.7 Å². The van der Waals surface area contributed by atoms with E-state index in [1.54, 1.807) is 19.1 Å². The summed E-state index contributed by atoms with van der Waals surface area (Å²) in [6, 6.07) is 24.1. The van der Waals surface area contributed by atoms with Crippen LogP contribution >= 0.6 is 0 Å². The summed E-state index contributed by atoms with van der Waals surface area (Å²) < 4.78 is 11.7. The number of benzene rings is 3. The zero-order valence-electron chi connectivity index (χ0n) is 22.9. The number of fused-ring (bicyclic) bond motifs is 3. The summed E-state index contributed by atoms with van der Waals surface area (Å²) in [5, 5.41) is 15.0. The average Bonchev–Trinajstić information content (AvgIpc) is 3.31. The highest BCUT2D eigenvalue weighted by Crippen LogP contribution is 2.44. The van der Waals surface area contributed by atoms with Gasteiger partial charge in [0.1, 0.15) is 12.6 Å². The van der Waals surface area contributed by atoms with Gasteiger partial charge in [0.2, 0.25) is 5.91 Å². The number of ether oxygens (including phenoxy) is 2. The second-order valence-corrected chi connectivity index (χ2v) is 10.5. The molecule has 8 nitrogen and oxygen atoms in total. The number of allylic oxidation sites excluding steroid dienone is 1. The van der Waals surface area contributed by atoms with E-state index >= 15 is 0 Å². The van der Waals surface area contributed by atoms with Gasteiger partial charge in [0.25, 0.3) is 0 Å². The monoisotopic (exact) mass is 554 g/mol. The lowest BCUT2D eigenvalue weighted by atomic mass is 9.91. The van der Waals surface area contributed by atoms with Gasteiger partial charge in [-0.3, -0.25) is 9.59 Å². The summed E-state index contributed by atoms with van der Waals surface area (Å²) in [4.78, 5) is 38.0. The van der Waals surface area contributed by atoms with E-state index in [1.807, 2.05) is 66.7 Å². The van der Waals surface area contributed by atoms with Crippen molar-refractivity contribution < 1.29 is 29.0 Å². The van der Waals surface area contributed by atoms with Gasteiger partial charge in [-0.2, -0.15) is 0 Å². The predicted molar refractivity (Wildman–Crippen MR) is 154 cm³/mol. The molecular formula is C33H34N2O6. The van der Waals surface area contributed by atoms with Crippen molar-refractivity contribution in [1.29, 1.82) is 0 Å². The van der Waals surface area contributed by atoms with Gasteiger partial charge < -0.3 is 25.2 Å². The van der Waals surface area contributed by atoms with Crippen LogP contribution in [0.2, 0.25) is 0 Å². The Kier molecular flexibility index (Phi) is 8.79. The number of amides is 2. The Labute approximate surface area is 239 Å². The molecule has 3 N–H and O–H groups in total. The van der Waals surface area contributed by atoms with Crippen molar-refractivity contribution in [2.45, 2.75) is 50.5 Å². The zero-order chi connectivity index (χ0) is 28.8. The number of carbonyl (C=O) groups is 3. The van der Waals surface area contributed by atoms with Gasteiger partial charge in [0, 0.05) is 12.0 Å². The standard InChI is InChI=1S/C33H34N2O6/c1-21(40-19-22-10-3-2-4-11-22)30(31(36)34-24-13-9-12-23(18-24)32(37)38)35-33(39)41-20-29-27-16-7-5-14-25(27)26-15-6-8-17-28(26)29/h2-11,13-17,21,23-24,29-30H,12,18-20H2,1H3,(H,34,36)(H,35,39)(H,37,38)/t21-,23-,24-,30+/m0/s1. The van der Waals surface area contributed by atoms with E-state index in [-0.39, 0.29) is 25.6 Å². The number of nitrogens with one attached hydrogen (secondary N) is 2. The first-order valence-electron chi connectivity index (χ1n) is 13.9. The lowest BCUT2D eigenvalue weighted by Crippen LogP contribution is -2.55. The topological polar surface area (TPSA) is 114 Å². The number of hydrogen-bond acceptors (Lipinski definition) is 5. The average molecular weight is 555 g/mol. The third-order valence-electron chi connectivity index (χ3n) is 7.73. The molecule has 0 radical (unpaired) electrons. The Morgan fingerprint density at radius 2 is 1.56 bits per heavy atom. The van der Waals surface area contributed by atoms with Gasteiger partial charge >= 0.3 is 12.1 Å². The molecule has 0 aromatic heterocycles. The third kappa shape index (κ3) is 6.66. The van der Waals surface area contributed by atoms with E-state index in [9.17, 15) is 19.5 Å². The summed E-state index contributed by atoms with van der Waals surface area (Å²) in [5.41, 5.74) is 5.36. The summed E-state index contributed by atoms with van der Waals surface area (Å²) >= 11 is 0. The zero-order valence-corrected chi connectivity index (χ0v) is 22.9. The Balaban J connectivity index is 1.26. The number of carboxylic acid groups (broad SMARTS) is 1. The molecule has 0 unspecified atom stereocenters. The van der Waals surface area contributed by atoms with Crippen LogP contribution in [0.5, 0.6) is 0 Å². The first-order chi connectivity index (χ1) is 19.9. The van der Waals surface area contributed by atoms with Crippen molar-refractivity contribution >= 4 is 18.0 Å². The maximum Gasteiger partial charge on any atom is 0.407 e. The van der Waals surface area contributed by atoms with Crippen LogP contribution in [-0.4, -0.2) is 47.9 Å². The molecule has 2 aliphatic carbocycles. The normalized spacial score (nSPS) is 19.0. The summed E-state index contributed by atoms with van der Waals surface area (Å²) in [5.74, 6) is -2.07. The molecule has 0 aliphatic heterocycles. The fourth-order valence-electron chi connectivity index (χ4n) is 5.53. The predicted octanol–water partition coefficient (Wildman–Crippen LogP) is 5.03. The molecule has 3 aromatic rings. The highest BCUT2D eigenvalue weighted by Gasteiger charge is 2.33. The van der Waals surface area contributed by atoms with Crippen molar-refractivity contribution in [3.8, 4) is 11.1 Å². The lowest BCUT2D eigenvalue weighted by Gasteiger charge is -2.28. The molecule has 0 spiro atoms. The number of carboxylic acids is 1. The van der Waals surface area contributed by atoms with Gasteiger partial charge in [0.05, 0.1) is 18.6 Å². The van der Waals surface area contributed by atoms with Crippen LogP contribution in [0.15, 0.2) is 91.0 Å². The third-order valence-corrected chi connectivity index (χ3v) is 7.73. The number of alkyl carbamates (subject to hydrolysis) is 1. The Morgan fingerprint density at radius 1 is 0.927 bits per heavy atom. The fraction of sp³-hybridized carbons (Fsp3) is 0.303. The van der Waals surface area contributed by atoms with E-state index < -0.39 is 42.1 Å². The van der Waals surface area contributed by atoms with Crippen molar-refractivity contribution in [2.24, 2.45) is 5.92 Å². The first-order valence-corrected chi connectivity index (χ1v) is 13.9. The van der Waals surface area contributed by atoms with Crippen LogP contribution in [0.1, 0.15) is 42.4 Å². The van der Waals surface area contributed by atoms with Crippen molar-refractivity contribution in [1.82, 2.24) is 10.6 Å². The minimum Gasteiger partial charge on any atom is -0.481 e. The molecule has 8 heteroatoms. The molecule has 41 heavy (non-hydrogen) atoms. The molecule has 3 aromatic carbocycles. The van der Waals surface area contributed by atoms with Gasteiger partial charge in [-0.25, -0.2) is 4.79 Å². The van der Waals surface area contributed by atoms with Gasteiger partial charge in [0.15, 0.2) is 0 Å². The molecule has 212 valence electrons. The van der Waals surface area contributed by atoms with Gasteiger partial charge in [-0.05, 0) is 47.6 Å². The Hall–Kier alpha value is -4.43. The fourth-order valence-corrected chi connectivity index (χ4v) is 5.53. The SMILES string of the molecule is C[C@H](OCc1ccccc1)[C@@H](NC(=O)OCC1c2ccccc2-c2ccccc21)C(=O)N[C@H]1C=CC[C@H](C(=O)O)C1. The summed E-state index contributed by atoms with van der Waals surface area (Å²) in [7, 11) is 0. The maximum absolute atomic E-state index is 13.4. The van der Waals surface area contributed by atoms with Crippen molar-refractivity contribution in [2.75, 3.05) is 6.61 Å². The highest BCUT2D eigenvalue weighted by molar-refractivity contribution is 5.87. The maximum atomic E-state index is 13.4. The minimum absolute atomic E-state index is 0.110. The van der Waals surface area contributed by atoms with Crippen LogP contribution < -0.4 is 10.6 Å². The van der Waals surface area contributed by atoms with Crippen LogP contribution in [0, 0.1) is 5.92 Å². The quantitative estimate of drug-likeness (QED) is 0.303. The molecule has 5 rings (SSSR count). The van der Waals surface area contributed by atoms with Gasteiger partial charge in [-0.15, -0.1) is 0 Å². The molecule has 2 amide bonds. The smallest absolute Gasteiger partial charge is 0.407 e. The van der Waals surface area contributed by atoms with E-state index in [0.29, 0.717) is 6.42 Å². The van der Waals surface area contributed by atoms with E-state index in [4.69, 9.17) is 9.47 Å². The van der Waals surface area contributed by atoms with E-state index in [1.165, 1.54) is 0 Å². The Morgan fingerprint density at radius 3 is 2.22 bits per heavy atom. The summed E-state index contributed by atoms with van der Waals surface area (Å²) in [6.07, 6.45) is 2.81. The van der Waals surface area contributed by atoms with Crippen LogP contribution in [0.3, 0.4) is 0 Å². The molecule has 0 saturated carbocycles. The largest absolute Gasteiger partial charge is 0.481 e. The highest BCUT2D eigenvalue weighted by atomic mass is 16.5. The summed E-state index contributed by atoms with van der Waals surface area (Å²) in [6.45, 7) is 2.08. The number of carbonyl (C=O) groups excluding carboxylic acids is 2. The van der Waals surface area contributed by atoms with Gasteiger partial charge in [-0.1, -0.05) is 91.0 Å². The Bertz CT molecular complexity index is 1380. The number of aliphatic carboxylic acids is 1. The van der Waals surface area contributed by atoms with Crippen molar-refractivity contribution in [3.05, 3.63) is 108 Å². The van der Waals surface area contributed by atoms with E-state index in [0.717, 1.165) is 27.8 Å². The molecule has 0 fully saturated rings. The molecule has 0 bridgehead atoms. The lowest BCUT2D eigenvalue weighted by molar-refractivity contribution is -0.142. The number of hydrogen-bond donors (Lipinski definition) is 3. The number of rotatable bonds is 10. The second-order valence-electron chi connectivity index (χ2n) is 10.5. The van der Waals surface area contributed by atoms with E-state index in [2.05, 4.69) is 22.8 Å². The molecular weight excluding hydrogens is 520 g/mol. The molecule has 0 heterocycles. The minimum atomic E-state index is -1.06.